The van der Waals surface area contributed by atoms with E-state index in [1.807, 2.05) is 0 Å². The summed E-state index contributed by atoms with van der Waals surface area (Å²) in [6.45, 7) is 0.604. The van der Waals surface area contributed by atoms with E-state index < -0.39 is 34.9 Å². The molecule has 2 saturated heterocycles. The number of carboxylic acids is 1. The second kappa shape index (κ2) is 9.20. The number of nitrogens with zero attached hydrogens (tertiary/aromatic N) is 4. The molecule has 5 N–H and O–H groups in total. The fourth-order valence-corrected chi connectivity index (χ4v) is 5.70. The minimum absolute atomic E-state index is 0.0440. The van der Waals surface area contributed by atoms with Gasteiger partial charge in [-0.1, -0.05) is 11.1 Å². The number of aliphatic carboxylic acids is 1. The first-order valence-electron chi connectivity index (χ1n) is 9.85. The van der Waals surface area contributed by atoms with Gasteiger partial charge in [-0.15, -0.1) is 29.5 Å². The average Bonchev–Trinajstić information content (AvgIpc) is 3.38. The molecule has 0 spiro atoms. The summed E-state index contributed by atoms with van der Waals surface area (Å²) < 4.78 is 0. The number of amides is 3. The number of allylic oxidation sites excluding steroid dienone is 1. The fourth-order valence-electron chi connectivity index (χ4n) is 3.85. The number of rotatable bonds is 6. The fraction of sp³-hybridized carbons (Fsp3) is 0.300. The summed E-state index contributed by atoms with van der Waals surface area (Å²) in [4.78, 5) is 56.4. The Balaban J connectivity index is 1.54. The predicted octanol–water partition coefficient (Wildman–Crippen LogP) is -0.566. The van der Waals surface area contributed by atoms with E-state index >= 15 is 0 Å². The molecule has 2 fully saturated rings. The molecule has 0 saturated carbocycles. The third-order valence-electron chi connectivity index (χ3n) is 5.41. The molecule has 1 aromatic heterocycles. The molecule has 0 bridgehead atoms. The maximum absolute atomic E-state index is 12.8. The zero-order chi connectivity index (χ0) is 24.6. The number of carbonyl (C=O) groups excluding carboxylic acids is 3. The molecule has 2 atom stereocenters. The molecule has 1 aromatic rings. The molecular weight excluding hydrogens is 484 g/mol. The van der Waals surface area contributed by atoms with E-state index in [9.17, 15) is 29.5 Å². The Labute approximate surface area is 201 Å². The number of hydrogen-bond donors (Lipinski definition) is 4. The van der Waals surface area contributed by atoms with E-state index in [1.165, 1.54) is 28.1 Å². The van der Waals surface area contributed by atoms with Crippen LogP contribution in [0.15, 0.2) is 33.5 Å². The zero-order valence-corrected chi connectivity index (χ0v) is 19.1. The Morgan fingerprint density at radius 3 is 2.82 bits per heavy atom. The number of carboxylic acid groups (broad SMARTS) is 1. The molecule has 3 aliphatic heterocycles. The molecule has 14 heteroatoms. The van der Waals surface area contributed by atoms with Crippen LogP contribution < -0.4 is 11.1 Å². The number of fused-ring (bicyclic) bond motifs is 1. The Hall–Kier alpha value is -3.83. The third kappa shape index (κ3) is 3.99. The molecule has 4 rings (SSSR count). The number of carbonyl (C=O) groups is 4. The standard InChI is InChI=1S/C20H18N6O6S2/c1-2-4-25-5-3-9(16(25)28)6-10-7-33-18-13(17(29)26(18)14(10)19(30)31)23-15(27)12(24-32)11-8-34-20(21)22-11/h1,6,8,13,18,32H,3-5,7H2,(H2,21,22)(H,23,27)(H,30,31)/t13-,18-/m1/s1. The molecule has 3 amide bonds. The van der Waals surface area contributed by atoms with Crippen molar-refractivity contribution in [2.75, 3.05) is 24.6 Å². The lowest BCUT2D eigenvalue weighted by atomic mass is 10.0. The Kier molecular flexibility index (Phi) is 6.31. The summed E-state index contributed by atoms with van der Waals surface area (Å²) in [7, 11) is 0. The number of thioether (sulfide) groups is 1. The first-order chi connectivity index (χ1) is 16.3. The van der Waals surface area contributed by atoms with Crippen LogP contribution in [-0.2, 0) is 19.2 Å². The van der Waals surface area contributed by atoms with Gasteiger partial charge in [-0.25, -0.2) is 9.78 Å². The van der Waals surface area contributed by atoms with E-state index in [0.717, 1.165) is 16.2 Å². The number of nitrogen functional groups attached to an aromatic ring is 1. The normalized spacial score (nSPS) is 23.6. The summed E-state index contributed by atoms with van der Waals surface area (Å²) in [5.41, 5.74) is 5.68. The van der Waals surface area contributed by atoms with Crippen LogP contribution in [0.2, 0.25) is 0 Å². The van der Waals surface area contributed by atoms with Gasteiger partial charge in [-0.3, -0.25) is 19.3 Å². The topological polar surface area (TPSA) is 179 Å². The van der Waals surface area contributed by atoms with Crippen molar-refractivity contribution in [3.05, 3.63) is 34.0 Å². The van der Waals surface area contributed by atoms with Crippen LogP contribution in [0, 0.1) is 12.3 Å². The first kappa shape index (κ1) is 23.3. The summed E-state index contributed by atoms with van der Waals surface area (Å²) in [6, 6.07) is -1.03. The van der Waals surface area contributed by atoms with Crippen molar-refractivity contribution in [1.82, 2.24) is 20.1 Å². The van der Waals surface area contributed by atoms with Gasteiger partial charge in [0, 0.05) is 23.3 Å². The molecular formula is C20H18N6O6S2. The smallest absolute Gasteiger partial charge is 0.352 e. The third-order valence-corrected chi connectivity index (χ3v) is 7.39. The maximum atomic E-state index is 12.8. The number of terminal acetylenes is 1. The largest absolute Gasteiger partial charge is 0.477 e. The van der Waals surface area contributed by atoms with E-state index in [2.05, 4.69) is 21.4 Å². The van der Waals surface area contributed by atoms with Crippen LogP contribution in [0.25, 0.3) is 0 Å². The number of oxime groups is 1. The number of nitrogens with one attached hydrogen (secondary N) is 1. The quantitative estimate of drug-likeness (QED) is 0.0990. The van der Waals surface area contributed by atoms with Gasteiger partial charge in [0.2, 0.25) is 0 Å². The van der Waals surface area contributed by atoms with E-state index in [4.69, 9.17) is 12.2 Å². The van der Waals surface area contributed by atoms with Crippen LogP contribution in [0.5, 0.6) is 0 Å². The molecule has 12 nitrogen and oxygen atoms in total. The van der Waals surface area contributed by atoms with Crippen molar-refractivity contribution in [2.45, 2.75) is 17.8 Å². The highest BCUT2D eigenvalue weighted by Crippen LogP contribution is 2.41. The summed E-state index contributed by atoms with van der Waals surface area (Å²) in [5.74, 6) is -0.464. The van der Waals surface area contributed by atoms with Gasteiger partial charge in [0.1, 0.15) is 22.8 Å². The highest BCUT2D eigenvalue weighted by atomic mass is 32.2. The lowest BCUT2D eigenvalue weighted by Crippen LogP contribution is -2.71. The summed E-state index contributed by atoms with van der Waals surface area (Å²) in [5, 5.41) is 25.4. The number of aromatic nitrogens is 1. The number of anilines is 1. The lowest BCUT2D eigenvalue weighted by Gasteiger charge is -2.49. The number of hydrogen-bond acceptors (Lipinski definition) is 10. The first-order valence-corrected chi connectivity index (χ1v) is 11.8. The van der Waals surface area contributed by atoms with Crippen LogP contribution in [0.1, 0.15) is 12.1 Å². The van der Waals surface area contributed by atoms with Crippen LogP contribution in [0.4, 0.5) is 5.13 Å². The number of β-lactam (4-membered cyclic amide) rings is 1. The van der Waals surface area contributed by atoms with Gasteiger partial charge >= 0.3 is 5.97 Å². The van der Waals surface area contributed by atoms with Gasteiger partial charge in [-0.2, -0.15) is 0 Å². The van der Waals surface area contributed by atoms with Crippen molar-refractivity contribution in [1.29, 1.82) is 0 Å². The van der Waals surface area contributed by atoms with Crippen molar-refractivity contribution in [2.24, 2.45) is 5.16 Å². The highest BCUT2D eigenvalue weighted by molar-refractivity contribution is 8.00. The van der Waals surface area contributed by atoms with Gasteiger partial charge in [-0.05, 0) is 18.1 Å². The Bertz CT molecular complexity index is 1230. The zero-order valence-electron chi connectivity index (χ0n) is 17.4. The average molecular weight is 503 g/mol. The second-order valence-electron chi connectivity index (χ2n) is 7.41. The van der Waals surface area contributed by atoms with Gasteiger partial charge in [0.25, 0.3) is 17.7 Å². The maximum Gasteiger partial charge on any atom is 0.352 e. The van der Waals surface area contributed by atoms with Gasteiger partial charge in [0.15, 0.2) is 10.8 Å². The second-order valence-corrected chi connectivity index (χ2v) is 9.40. The van der Waals surface area contributed by atoms with E-state index in [-0.39, 0.29) is 34.7 Å². The molecule has 0 aromatic carbocycles. The minimum Gasteiger partial charge on any atom is -0.477 e. The molecule has 176 valence electrons. The minimum atomic E-state index is -1.32. The van der Waals surface area contributed by atoms with Crippen LogP contribution >= 0.6 is 23.1 Å². The highest BCUT2D eigenvalue weighted by Gasteiger charge is 2.54. The monoisotopic (exact) mass is 502 g/mol. The summed E-state index contributed by atoms with van der Waals surface area (Å²) >= 11 is 2.29. The van der Waals surface area contributed by atoms with Crippen LogP contribution in [0.3, 0.4) is 0 Å². The van der Waals surface area contributed by atoms with E-state index in [0.29, 0.717) is 24.1 Å². The van der Waals surface area contributed by atoms with Gasteiger partial charge < -0.3 is 26.3 Å². The predicted molar refractivity (Wildman–Crippen MR) is 123 cm³/mol. The van der Waals surface area contributed by atoms with Crippen molar-refractivity contribution in [3.63, 3.8) is 0 Å². The molecule has 0 unspecified atom stereocenters. The molecule has 0 radical (unpaired) electrons. The van der Waals surface area contributed by atoms with Gasteiger partial charge in [0.05, 0.1) is 6.54 Å². The lowest BCUT2D eigenvalue weighted by molar-refractivity contribution is -0.150. The Morgan fingerprint density at radius 2 is 2.21 bits per heavy atom. The number of nitrogens with two attached hydrogens (primary N) is 1. The van der Waals surface area contributed by atoms with E-state index in [1.54, 1.807) is 0 Å². The van der Waals surface area contributed by atoms with Crippen LogP contribution in [-0.4, -0.2) is 84.8 Å². The van der Waals surface area contributed by atoms with Crippen molar-refractivity contribution >= 4 is 57.6 Å². The SMILES string of the molecule is C#CCN1CCC(=CC2=C(C(=O)O)N3C(=O)[C@@H](NC(=O)C(=NO)c4csc(N)n4)[C@H]3SC2)C1=O. The van der Waals surface area contributed by atoms with Crippen molar-refractivity contribution < 1.29 is 29.5 Å². The van der Waals surface area contributed by atoms with Crippen molar-refractivity contribution in [3.8, 4) is 12.3 Å². The molecule has 3 aliphatic rings. The molecule has 4 heterocycles. The Morgan fingerprint density at radius 1 is 1.44 bits per heavy atom. The number of thiazole rings is 1. The summed E-state index contributed by atoms with van der Waals surface area (Å²) in [6.07, 6.45) is 7.20. The molecule has 0 aliphatic carbocycles. The molecule has 34 heavy (non-hydrogen) atoms. The number of likely N-dealkylation sites (tertiary alicyclic amines) is 1.